The number of benzene rings is 1. The summed E-state index contributed by atoms with van der Waals surface area (Å²) in [6, 6.07) is 4.71. The molecular weight excluding hydrogens is 396 g/mol. The van der Waals surface area contributed by atoms with E-state index in [0.717, 1.165) is 4.47 Å². The smallest absolute Gasteiger partial charge is 0.332 e. The lowest BCUT2D eigenvalue weighted by Crippen LogP contribution is -2.56. The van der Waals surface area contributed by atoms with E-state index in [4.69, 9.17) is 4.74 Å². The van der Waals surface area contributed by atoms with Crippen molar-refractivity contribution in [2.24, 2.45) is 0 Å². The van der Waals surface area contributed by atoms with Crippen molar-refractivity contribution < 1.29 is 19.4 Å². The molecule has 0 radical (unpaired) electrons. The van der Waals surface area contributed by atoms with Crippen molar-refractivity contribution >= 4 is 49.5 Å². The summed E-state index contributed by atoms with van der Waals surface area (Å²) in [6.07, 6.45) is 0.245. The molecule has 1 aromatic rings. The molecule has 1 atom stereocenters. The van der Waals surface area contributed by atoms with Crippen molar-refractivity contribution in [3.63, 3.8) is 0 Å². The van der Waals surface area contributed by atoms with Crippen LogP contribution in [-0.4, -0.2) is 35.9 Å². The van der Waals surface area contributed by atoms with Gasteiger partial charge in [0.2, 0.25) is 0 Å². The fraction of sp³-hybridized carbons (Fsp3) is 0.333. The zero-order chi connectivity index (χ0) is 14.8. The Morgan fingerprint density at radius 3 is 2.70 bits per heavy atom. The van der Waals surface area contributed by atoms with Crippen molar-refractivity contribution in [1.82, 2.24) is 5.32 Å². The number of carboxylic acids is 1. The number of urea groups is 1. The molecule has 6 nitrogen and oxygen atoms in total. The predicted octanol–water partition coefficient (Wildman–Crippen LogP) is 2.58. The molecule has 3 N–H and O–H groups in total. The summed E-state index contributed by atoms with van der Waals surface area (Å²) in [5.74, 6) is -1.10. The van der Waals surface area contributed by atoms with Crippen LogP contribution in [0, 0.1) is 0 Å². The number of aliphatic carboxylic acids is 1. The number of hydrogen-bond donors (Lipinski definition) is 3. The number of rotatable bonds is 3. The maximum atomic E-state index is 12.0. The Balaban J connectivity index is 2.08. The highest BCUT2D eigenvalue weighted by molar-refractivity contribution is 9.11. The zero-order valence-corrected chi connectivity index (χ0v) is 13.5. The first-order valence-electron chi connectivity index (χ1n) is 5.78. The van der Waals surface area contributed by atoms with Gasteiger partial charge in [0, 0.05) is 22.0 Å². The molecule has 8 heteroatoms. The SMILES string of the molecule is O=C(Nc1cc(Br)ccc1Br)NC1(C(=O)O)CCOC1. The minimum Gasteiger partial charge on any atom is -0.479 e. The number of amides is 2. The highest BCUT2D eigenvalue weighted by Crippen LogP contribution is 2.26. The van der Waals surface area contributed by atoms with E-state index >= 15 is 0 Å². The summed E-state index contributed by atoms with van der Waals surface area (Å²) in [5.41, 5.74) is -0.820. The molecule has 1 unspecified atom stereocenters. The van der Waals surface area contributed by atoms with Crippen molar-refractivity contribution in [2.75, 3.05) is 18.5 Å². The summed E-state index contributed by atoms with van der Waals surface area (Å²) in [7, 11) is 0. The standard InChI is InChI=1S/C12H12Br2N2O4/c13-7-1-2-8(14)9(5-7)15-11(19)16-12(10(17)18)3-4-20-6-12/h1-2,5H,3-4,6H2,(H,17,18)(H2,15,16,19). The molecule has 2 amide bonds. The van der Waals surface area contributed by atoms with E-state index in [1.807, 2.05) is 6.07 Å². The fourth-order valence-electron chi connectivity index (χ4n) is 1.85. The third-order valence-electron chi connectivity index (χ3n) is 2.96. The molecule has 2 rings (SSSR count). The van der Waals surface area contributed by atoms with Crippen LogP contribution in [0.25, 0.3) is 0 Å². The minimum atomic E-state index is -1.36. The van der Waals surface area contributed by atoms with E-state index in [1.165, 1.54) is 0 Å². The highest BCUT2D eigenvalue weighted by Gasteiger charge is 2.44. The molecule has 1 aliphatic heterocycles. The van der Waals surface area contributed by atoms with Gasteiger partial charge in [0.05, 0.1) is 12.3 Å². The second-order valence-corrected chi connectivity index (χ2v) is 6.16. The van der Waals surface area contributed by atoms with Crippen LogP contribution in [0.3, 0.4) is 0 Å². The maximum Gasteiger partial charge on any atom is 0.332 e. The van der Waals surface area contributed by atoms with Gasteiger partial charge in [0.1, 0.15) is 0 Å². The Hall–Kier alpha value is -1.12. The second-order valence-electron chi connectivity index (χ2n) is 4.39. The van der Waals surface area contributed by atoms with Gasteiger partial charge >= 0.3 is 12.0 Å². The van der Waals surface area contributed by atoms with Gasteiger partial charge in [0.25, 0.3) is 0 Å². The summed E-state index contributed by atoms with van der Waals surface area (Å²) in [6.45, 7) is 0.280. The molecule has 1 heterocycles. The van der Waals surface area contributed by atoms with E-state index < -0.39 is 17.5 Å². The Morgan fingerprint density at radius 2 is 2.10 bits per heavy atom. The van der Waals surface area contributed by atoms with Gasteiger partial charge < -0.3 is 20.5 Å². The summed E-state index contributed by atoms with van der Waals surface area (Å²) >= 11 is 6.61. The number of carbonyl (C=O) groups excluding carboxylic acids is 1. The van der Waals surface area contributed by atoms with E-state index in [0.29, 0.717) is 16.8 Å². The van der Waals surface area contributed by atoms with Crippen LogP contribution >= 0.6 is 31.9 Å². The van der Waals surface area contributed by atoms with E-state index in [-0.39, 0.29) is 13.0 Å². The van der Waals surface area contributed by atoms with Crippen LogP contribution in [0.1, 0.15) is 6.42 Å². The monoisotopic (exact) mass is 406 g/mol. The molecule has 0 spiro atoms. The van der Waals surface area contributed by atoms with Gasteiger partial charge in [-0.1, -0.05) is 15.9 Å². The number of carbonyl (C=O) groups is 2. The number of hydrogen-bond acceptors (Lipinski definition) is 3. The lowest BCUT2D eigenvalue weighted by Gasteiger charge is -2.24. The molecule has 0 bridgehead atoms. The van der Waals surface area contributed by atoms with Gasteiger partial charge in [-0.15, -0.1) is 0 Å². The van der Waals surface area contributed by atoms with Crippen LogP contribution in [0.2, 0.25) is 0 Å². The summed E-state index contributed by atoms with van der Waals surface area (Å²) in [4.78, 5) is 23.3. The number of halogens is 2. The molecule has 1 aromatic carbocycles. The number of nitrogens with one attached hydrogen (secondary N) is 2. The Bertz CT molecular complexity index is 544. The number of ether oxygens (including phenoxy) is 1. The molecular formula is C12H12Br2N2O4. The molecule has 0 aliphatic carbocycles. The van der Waals surface area contributed by atoms with Crippen molar-refractivity contribution in [3.8, 4) is 0 Å². The normalized spacial score (nSPS) is 21.5. The maximum absolute atomic E-state index is 12.0. The lowest BCUT2D eigenvalue weighted by molar-refractivity contribution is -0.144. The average molecular weight is 408 g/mol. The molecule has 20 heavy (non-hydrogen) atoms. The van der Waals surface area contributed by atoms with E-state index in [9.17, 15) is 14.7 Å². The molecule has 108 valence electrons. The third kappa shape index (κ3) is 3.31. The van der Waals surface area contributed by atoms with Crippen molar-refractivity contribution in [3.05, 3.63) is 27.1 Å². The van der Waals surface area contributed by atoms with Crippen LogP contribution in [0.15, 0.2) is 27.1 Å². The van der Waals surface area contributed by atoms with Gasteiger partial charge in [-0.05, 0) is 34.1 Å². The molecule has 1 aliphatic rings. The Kier molecular flexibility index (Phi) is 4.66. The first kappa shape index (κ1) is 15.3. The lowest BCUT2D eigenvalue weighted by atomic mass is 9.99. The summed E-state index contributed by atoms with van der Waals surface area (Å²) in [5, 5.41) is 14.3. The van der Waals surface area contributed by atoms with Gasteiger partial charge in [-0.25, -0.2) is 9.59 Å². The van der Waals surface area contributed by atoms with Crippen LogP contribution in [0.4, 0.5) is 10.5 Å². The molecule has 0 saturated carbocycles. The Labute approximate surface area is 132 Å². The van der Waals surface area contributed by atoms with E-state index in [2.05, 4.69) is 42.5 Å². The van der Waals surface area contributed by atoms with Crippen LogP contribution in [-0.2, 0) is 9.53 Å². The van der Waals surface area contributed by atoms with Gasteiger partial charge in [0.15, 0.2) is 5.54 Å². The molecule has 1 saturated heterocycles. The largest absolute Gasteiger partial charge is 0.479 e. The number of carboxylic acid groups (broad SMARTS) is 1. The first-order chi connectivity index (χ1) is 9.43. The highest BCUT2D eigenvalue weighted by atomic mass is 79.9. The average Bonchev–Trinajstić information content (AvgIpc) is 2.83. The fourth-order valence-corrected chi connectivity index (χ4v) is 2.56. The summed E-state index contributed by atoms with van der Waals surface area (Å²) < 4.78 is 6.57. The number of anilines is 1. The second kappa shape index (κ2) is 6.11. The van der Waals surface area contributed by atoms with Crippen LogP contribution < -0.4 is 10.6 Å². The van der Waals surface area contributed by atoms with E-state index in [1.54, 1.807) is 12.1 Å². The van der Waals surface area contributed by atoms with Crippen LogP contribution in [0.5, 0.6) is 0 Å². The quantitative estimate of drug-likeness (QED) is 0.718. The van der Waals surface area contributed by atoms with Crippen molar-refractivity contribution in [2.45, 2.75) is 12.0 Å². The minimum absolute atomic E-state index is 0.0323. The Morgan fingerprint density at radius 1 is 1.35 bits per heavy atom. The third-order valence-corrected chi connectivity index (χ3v) is 4.15. The van der Waals surface area contributed by atoms with Gasteiger partial charge in [-0.2, -0.15) is 0 Å². The first-order valence-corrected chi connectivity index (χ1v) is 7.37. The molecule has 0 aromatic heterocycles. The zero-order valence-electron chi connectivity index (χ0n) is 10.3. The predicted molar refractivity (Wildman–Crippen MR) is 79.8 cm³/mol. The topological polar surface area (TPSA) is 87.7 Å². The molecule has 1 fully saturated rings. The van der Waals surface area contributed by atoms with Gasteiger partial charge in [-0.3, -0.25) is 0 Å². The van der Waals surface area contributed by atoms with Crippen molar-refractivity contribution in [1.29, 1.82) is 0 Å².